The molecule has 1 heterocycles. The van der Waals surface area contributed by atoms with Gasteiger partial charge in [-0.2, -0.15) is 0 Å². The van der Waals surface area contributed by atoms with E-state index in [1.54, 1.807) is 12.1 Å². The number of carbonyl (C=O) groups is 1. The molecule has 7 heteroatoms. The molecule has 1 saturated heterocycles. The van der Waals surface area contributed by atoms with Crippen molar-refractivity contribution in [3.63, 3.8) is 0 Å². The lowest BCUT2D eigenvalue weighted by Crippen LogP contribution is -2.46. The molecule has 130 valence electrons. The highest BCUT2D eigenvalue weighted by Crippen LogP contribution is 2.16. The Kier molecular flexibility index (Phi) is 7.61. The van der Waals surface area contributed by atoms with Crippen LogP contribution in [0.25, 0.3) is 0 Å². The van der Waals surface area contributed by atoms with Crippen molar-refractivity contribution in [2.75, 3.05) is 38.0 Å². The van der Waals surface area contributed by atoms with Crippen LogP contribution in [0.4, 0.5) is 10.5 Å². The summed E-state index contributed by atoms with van der Waals surface area (Å²) in [6.45, 7) is 8.20. The number of carbonyl (C=O) groups excluding carboxylic acids is 1. The van der Waals surface area contributed by atoms with Gasteiger partial charge in [0.25, 0.3) is 0 Å². The highest BCUT2D eigenvalue weighted by Gasteiger charge is 2.22. The first-order valence-electron chi connectivity index (χ1n) is 7.66. The molecule has 0 unspecified atom stereocenters. The van der Waals surface area contributed by atoms with Crippen molar-refractivity contribution in [2.24, 2.45) is 5.73 Å². The summed E-state index contributed by atoms with van der Waals surface area (Å²) in [4.78, 5) is 16.5. The molecule has 1 aliphatic rings. The number of amides is 2. The van der Waals surface area contributed by atoms with E-state index in [9.17, 15) is 4.79 Å². The van der Waals surface area contributed by atoms with Crippen LogP contribution >= 0.6 is 24.0 Å². The van der Waals surface area contributed by atoms with Gasteiger partial charge in [0.15, 0.2) is 0 Å². The SMILES string of the molecule is CC(C)(N)CN1CCCN(C(=O)Nc2cccc(Cl)c2)CC1.Cl. The summed E-state index contributed by atoms with van der Waals surface area (Å²) in [6.07, 6.45) is 0.957. The van der Waals surface area contributed by atoms with Gasteiger partial charge in [-0.3, -0.25) is 4.90 Å². The molecule has 0 spiro atoms. The summed E-state index contributed by atoms with van der Waals surface area (Å²) < 4.78 is 0. The van der Waals surface area contributed by atoms with Crippen LogP contribution in [0.2, 0.25) is 5.02 Å². The van der Waals surface area contributed by atoms with E-state index in [1.165, 1.54) is 0 Å². The van der Waals surface area contributed by atoms with Gasteiger partial charge in [0.05, 0.1) is 0 Å². The van der Waals surface area contributed by atoms with Gasteiger partial charge in [-0.25, -0.2) is 4.79 Å². The average molecular weight is 361 g/mol. The molecule has 3 N–H and O–H groups in total. The minimum Gasteiger partial charge on any atom is -0.324 e. The van der Waals surface area contributed by atoms with E-state index in [2.05, 4.69) is 10.2 Å². The second kappa shape index (κ2) is 8.73. The van der Waals surface area contributed by atoms with E-state index in [4.69, 9.17) is 17.3 Å². The average Bonchev–Trinajstić information content (AvgIpc) is 2.62. The van der Waals surface area contributed by atoms with Crippen molar-refractivity contribution >= 4 is 35.7 Å². The summed E-state index contributed by atoms with van der Waals surface area (Å²) in [5, 5.41) is 3.52. The minimum absolute atomic E-state index is 0. The first-order valence-corrected chi connectivity index (χ1v) is 8.04. The molecule has 0 bridgehead atoms. The number of hydrogen-bond donors (Lipinski definition) is 2. The number of anilines is 1. The number of nitrogens with zero attached hydrogens (tertiary/aromatic N) is 2. The zero-order valence-electron chi connectivity index (χ0n) is 13.7. The van der Waals surface area contributed by atoms with Crippen LogP contribution in [0, 0.1) is 0 Å². The van der Waals surface area contributed by atoms with Crippen LogP contribution in [0.1, 0.15) is 20.3 Å². The third-order valence-electron chi connectivity index (χ3n) is 3.58. The standard InChI is InChI=1S/C16H25ClN4O.ClH/c1-16(2,18)12-20-7-4-8-21(10-9-20)15(22)19-14-6-3-5-13(17)11-14;/h3,5-6,11H,4,7-10,12,18H2,1-2H3,(H,19,22);1H. The van der Waals surface area contributed by atoms with Gasteiger partial charge in [-0.05, 0) is 45.0 Å². The topological polar surface area (TPSA) is 61.6 Å². The van der Waals surface area contributed by atoms with Gasteiger partial charge < -0.3 is 16.0 Å². The molecule has 1 aromatic carbocycles. The Morgan fingerprint density at radius 2 is 2.04 bits per heavy atom. The van der Waals surface area contributed by atoms with E-state index in [0.717, 1.165) is 38.3 Å². The molecule has 2 amide bonds. The predicted octanol–water partition coefficient (Wildman–Crippen LogP) is 3.04. The van der Waals surface area contributed by atoms with Crippen molar-refractivity contribution in [1.29, 1.82) is 0 Å². The number of rotatable bonds is 3. The van der Waals surface area contributed by atoms with Crippen LogP contribution < -0.4 is 11.1 Å². The second-order valence-corrected chi connectivity index (χ2v) is 6.98. The Morgan fingerprint density at radius 1 is 1.30 bits per heavy atom. The van der Waals surface area contributed by atoms with Gasteiger partial charge in [0, 0.05) is 42.4 Å². The Bertz CT molecular complexity index is 519. The largest absolute Gasteiger partial charge is 0.324 e. The van der Waals surface area contributed by atoms with E-state index in [-0.39, 0.29) is 24.0 Å². The molecule has 0 aliphatic carbocycles. The lowest BCUT2D eigenvalue weighted by molar-refractivity contribution is 0.207. The smallest absolute Gasteiger partial charge is 0.321 e. The predicted molar refractivity (Wildman–Crippen MR) is 98.6 cm³/mol. The van der Waals surface area contributed by atoms with E-state index in [1.807, 2.05) is 30.9 Å². The second-order valence-electron chi connectivity index (χ2n) is 6.55. The molecule has 23 heavy (non-hydrogen) atoms. The summed E-state index contributed by atoms with van der Waals surface area (Å²) in [7, 11) is 0. The third kappa shape index (κ3) is 6.96. The lowest BCUT2D eigenvalue weighted by Gasteiger charge is -2.28. The van der Waals surface area contributed by atoms with Gasteiger partial charge in [-0.1, -0.05) is 17.7 Å². The van der Waals surface area contributed by atoms with E-state index >= 15 is 0 Å². The van der Waals surface area contributed by atoms with Crippen LogP contribution in [0.15, 0.2) is 24.3 Å². The van der Waals surface area contributed by atoms with Crippen molar-refractivity contribution < 1.29 is 4.79 Å². The minimum atomic E-state index is -0.210. The zero-order chi connectivity index (χ0) is 16.2. The molecule has 1 aliphatic heterocycles. The Balaban J connectivity index is 0.00000264. The molecule has 5 nitrogen and oxygen atoms in total. The molecule has 0 aromatic heterocycles. The molecule has 1 aromatic rings. The maximum Gasteiger partial charge on any atom is 0.321 e. The summed E-state index contributed by atoms with van der Waals surface area (Å²) >= 11 is 5.94. The number of nitrogens with one attached hydrogen (secondary N) is 1. The van der Waals surface area contributed by atoms with Crippen LogP contribution in [-0.4, -0.2) is 54.1 Å². The first kappa shape index (κ1) is 20.0. The summed E-state index contributed by atoms with van der Waals surface area (Å²) in [5.41, 5.74) is 6.59. The number of benzene rings is 1. The van der Waals surface area contributed by atoms with Crippen LogP contribution in [0.5, 0.6) is 0 Å². The zero-order valence-corrected chi connectivity index (χ0v) is 15.3. The molecule has 0 radical (unpaired) electrons. The summed E-state index contributed by atoms with van der Waals surface area (Å²) in [6, 6.07) is 7.13. The Labute approximate surface area is 149 Å². The van der Waals surface area contributed by atoms with Crippen molar-refractivity contribution in [3.8, 4) is 0 Å². The van der Waals surface area contributed by atoms with Crippen molar-refractivity contribution in [1.82, 2.24) is 9.80 Å². The lowest BCUT2D eigenvalue weighted by atomic mass is 10.1. The molecule has 0 saturated carbocycles. The van der Waals surface area contributed by atoms with E-state index in [0.29, 0.717) is 11.6 Å². The third-order valence-corrected chi connectivity index (χ3v) is 3.82. The van der Waals surface area contributed by atoms with Crippen molar-refractivity contribution in [3.05, 3.63) is 29.3 Å². The molecular weight excluding hydrogens is 335 g/mol. The Hall–Kier alpha value is -1.01. The number of halogens is 2. The highest BCUT2D eigenvalue weighted by molar-refractivity contribution is 6.30. The monoisotopic (exact) mass is 360 g/mol. The highest BCUT2D eigenvalue weighted by atomic mass is 35.5. The van der Waals surface area contributed by atoms with E-state index < -0.39 is 0 Å². The van der Waals surface area contributed by atoms with Crippen LogP contribution in [-0.2, 0) is 0 Å². The normalized spacial score (nSPS) is 16.4. The summed E-state index contributed by atoms with van der Waals surface area (Å²) in [5.74, 6) is 0. The van der Waals surface area contributed by atoms with Gasteiger partial charge in [-0.15, -0.1) is 12.4 Å². The first-order chi connectivity index (χ1) is 10.3. The molecular formula is C16H26Cl2N4O. The van der Waals surface area contributed by atoms with Gasteiger partial charge in [0.1, 0.15) is 0 Å². The number of urea groups is 1. The fraction of sp³-hybridized carbons (Fsp3) is 0.562. The Morgan fingerprint density at radius 3 is 2.70 bits per heavy atom. The van der Waals surface area contributed by atoms with Crippen LogP contribution in [0.3, 0.4) is 0 Å². The fourth-order valence-corrected chi connectivity index (χ4v) is 2.87. The molecule has 1 fully saturated rings. The van der Waals surface area contributed by atoms with Gasteiger partial charge >= 0.3 is 6.03 Å². The fourth-order valence-electron chi connectivity index (χ4n) is 2.68. The quantitative estimate of drug-likeness (QED) is 0.870. The molecule has 0 atom stereocenters. The molecule has 2 rings (SSSR count). The van der Waals surface area contributed by atoms with Gasteiger partial charge in [0.2, 0.25) is 0 Å². The maximum atomic E-state index is 12.4. The maximum absolute atomic E-state index is 12.4. The number of nitrogens with two attached hydrogens (primary N) is 1. The van der Waals surface area contributed by atoms with Crippen molar-refractivity contribution in [2.45, 2.75) is 25.8 Å². The number of hydrogen-bond acceptors (Lipinski definition) is 3.